The zero-order valence-electron chi connectivity index (χ0n) is 15.6. The molecule has 0 N–H and O–H groups in total. The molecular formula is C19H19N7O3. The molecule has 3 aromatic heterocycles. The SMILES string of the molecule is N#CCC(C1CCCC1)n1cc(-c2c(CN=O)cnn3cc([N+](=O)[O-])cc23)cn1. The van der Waals surface area contributed by atoms with E-state index in [9.17, 15) is 20.3 Å². The number of nitrogens with zero attached hydrogens (tertiary/aromatic N) is 7. The van der Waals surface area contributed by atoms with Crippen LogP contribution >= 0.6 is 0 Å². The molecule has 1 aliphatic carbocycles. The molecule has 4 rings (SSSR count). The van der Waals surface area contributed by atoms with Crippen molar-refractivity contribution in [3.63, 3.8) is 0 Å². The lowest BCUT2D eigenvalue weighted by Gasteiger charge is -2.21. The molecule has 0 bridgehead atoms. The van der Waals surface area contributed by atoms with Crippen LogP contribution in [0.25, 0.3) is 16.6 Å². The van der Waals surface area contributed by atoms with Crippen LogP contribution in [-0.2, 0) is 6.54 Å². The minimum absolute atomic E-state index is 0.0112. The summed E-state index contributed by atoms with van der Waals surface area (Å²) in [6.07, 6.45) is 11.2. The maximum Gasteiger partial charge on any atom is 0.289 e. The zero-order chi connectivity index (χ0) is 20.4. The quantitative estimate of drug-likeness (QED) is 0.338. The third-order valence-corrected chi connectivity index (χ3v) is 5.62. The average Bonchev–Trinajstić information content (AvgIpc) is 3.46. The molecule has 3 heterocycles. The minimum Gasteiger partial charge on any atom is -0.268 e. The van der Waals surface area contributed by atoms with Gasteiger partial charge in [-0.25, -0.2) is 4.52 Å². The number of nitroso groups, excluding NO2 is 1. The van der Waals surface area contributed by atoms with E-state index in [1.54, 1.807) is 6.20 Å². The molecule has 0 aliphatic heterocycles. The van der Waals surface area contributed by atoms with E-state index in [0.29, 0.717) is 34.5 Å². The van der Waals surface area contributed by atoms with Crippen molar-refractivity contribution in [3.8, 4) is 17.2 Å². The van der Waals surface area contributed by atoms with Crippen molar-refractivity contribution in [1.29, 1.82) is 5.26 Å². The first-order chi connectivity index (χ1) is 14.1. The lowest BCUT2D eigenvalue weighted by atomic mass is 9.96. The van der Waals surface area contributed by atoms with E-state index in [1.165, 1.54) is 23.0 Å². The van der Waals surface area contributed by atoms with Gasteiger partial charge < -0.3 is 0 Å². The number of hydrogen-bond donors (Lipinski definition) is 0. The molecule has 10 nitrogen and oxygen atoms in total. The summed E-state index contributed by atoms with van der Waals surface area (Å²) in [6, 6.07) is 3.68. The van der Waals surface area contributed by atoms with Gasteiger partial charge in [-0.05, 0) is 18.8 Å². The highest BCUT2D eigenvalue weighted by Gasteiger charge is 2.27. The Morgan fingerprint density at radius 3 is 2.79 bits per heavy atom. The Kier molecular flexibility index (Phi) is 5.03. The smallest absolute Gasteiger partial charge is 0.268 e. The predicted octanol–water partition coefficient (Wildman–Crippen LogP) is 4.02. The Balaban J connectivity index is 1.81. The van der Waals surface area contributed by atoms with E-state index < -0.39 is 4.92 Å². The molecule has 1 atom stereocenters. The molecule has 148 valence electrons. The summed E-state index contributed by atoms with van der Waals surface area (Å²) >= 11 is 0. The molecule has 0 saturated heterocycles. The first-order valence-corrected chi connectivity index (χ1v) is 9.47. The molecule has 0 amide bonds. The maximum absolute atomic E-state index is 11.2. The van der Waals surface area contributed by atoms with Crippen molar-refractivity contribution < 1.29 is 4.92 Å². The fourth-order valence-corrected chi connectivity index (χ4v) is 4.26. The van der Waals surface area contributed by atoms with Crippen LogP contribution in [0.1, 0.15) is 43.7 Å². The summed E-state index contributed by atoms with van der Waals surface area (Å²) in [6.45, 7) is -0.104. The fourth-order valence-electron chi connectivity index (χ4n) is 4.26. The van der Waals surface area contributed by atoms with Crippen molar-refractivity contribution in [2.75, 3.05) is 0 Å². The van der Waals surface area contributed by atoms with Crippen LogP contribution in [0.3, 0.4) is 0 Å². The second-order valence-electron chi connectivity index (χ2n) is 7.30. The van der Waals surface area contributed by atoms with Gasteiger partial charge in [0.2, 0.25) is 0 Å². The van der Waals surface area contributed by atoms with Gasteiger partial charge in [-0.15, -0.1) is 0 Å². The summed E-state index contributed by atoms with van der Waals surface area (Å²) in [5.41, 5.74) is 2.34. The highest BCUT2D eigenvalue weighted by atomic mass is 16.6. The number of nitro groups is 1. The standard InChI is InChI=1S/C19H19N7O3/c20-6-5-17(13-3-1-2-4-13)24-11-15(9-22-24)19-14(10-23-27)8-21-25-12-16(26(28)29)7-18(19)25/h7-9,11-13,17H,1-5,10H2. The van der Waals surface area contributed by atoms with E-state index in [2.05, 4.69) is 21.4 Å². The monoisotopic (exact) mass is 393 g/mol. The van der Waals surface area contributed by atoms with Crippen molar-refractivity contribution in [2.45, 2.75) is 44.7 Å². The average molecular weight is 393 g/mol. The van der Waals surface area contributed by atoms with Crippen LogP contribution in [0.2, 0.25) is 0 Å². The molecule has 0 radical (unpaired) electrons. The van der Waals surface area contributed by atoms with Gasteiger partial charge in [-0.3, -0.25) is 14.8 Å². The highest BCUT2D eigenvalue weighted by molar-refractivity contribution is 5.83. The number of hydrogen-bond acceptors (Lipinski definition) is 7. The summed E-state index contributed by atoms with van der Waals surface area (Å²) in [5, 5.41) is 32.1. The van der Waals surface area contributed by atoms with Crippen LogP contribution in [0.5, 0.6) is 0 Å². The summed E-state index contributed by atoms with van der Waals surface area (Å²) in [4.78, 5) is 21.6. The minimum atomic E-state index is -0.484. The Morgan fingerprint density at radius 2 is 2.10 bits per heavy atom. The largest absolute Gasteiger partial charge is 0.289 e. The van der Waals surface area contributed by atoms with E-state index >= 15 is 0 Å². The lowest BCUT2D eigenvalue weighted by Crippen LogP contribution is -2.17. The predicted molar refractivity (Wildman–Crippen MR) is 104 cm³/mol. The lowest BCUT2D eigenvalue weighted by molar-refractivity contribution is -0.384. The summed E-state index contributed by atoms with van der Waals surface area (Å²) in [7, 11) is 0. The number of rotatable bonds is 7. The van der Waals surface area contributed by atoms with Crippen molar-refractivity contribution >= 4 is 11.2 Å². The highest BCUT2D eigenvalue weighted by Crippen LogP contribution is 2.37. The second-order valence-corrected chi connectivity index (χ2v) is 7.30. The van der Waals surface area contributed by atoms with Gasteiger partial charge in [0.25, 0.3) is 5.69 Å². The molecule has 1 saturated carbocycles. The Labute approximate surface area is 165 Å². The number of fused-ring (bicyclic) bond motifs is 1. The first kappa shape index (κ1) is 18.7. The van der Waals surface area contributed by atoms with Crippen LogP contribution in [0.15, 0.2) is 36.0 Å². The topological polar surface area (TPSA) is 131 Å². The van der Waals surface area contributed by atoms with Crippen LogP contribution in [0, 0.1) is 32.3 Å². The molecule has 0 spiro atoms. The van der Waals surface area contributed by atoms with Crippen LogP contribution < -0.4 is 0 Å². The third-order valence-electron chi connectivity index (χ3n) is 5.62. The molecule has 1 aliphatic rings. The van der Waals surface area contributed by atoms with Crippen LogP contribution in [0.4, 0.5) is 5.69 Å². The molecular weight excluding hydrogens is 374 g/mol. The second kappa shape index (κ2) is 7.79. The van der Waals surface area contributed by atoms with Gasteiger partial charge in [0.15, 0.2) is 0 Å². The van der Waals surface area contributed by atoms with Gasteiger partial charge in [0.05, 0.1) is 41.4 Å². The zero-order valence-corrected chi connectivity index (χ0v) is 15.6. The van der Waals surface area contributed by atoms with Crippen molar-refractivity contribution in [1.82, 2.24) is 19.4 Å². The van der Waals surface area contributed by atoms with Gasteiger partial charge in [0, 0.05) is 29.0 Å². The molecule has 1 fully saturated rings. The maximum atomic E-state index is 11.2. The van der Waals surface area contributed by atoms with Gasteiger partial charge in [0.1, 0.15) is 12.7 Å². The number of aromatic nitrogens is 4. The Morgan fingerprint density at radius 1 is 1.31 bits per heavy atom. The molecule has 29 heavy (non-hydrogen) atoms. The normalized spacial score (nSPS) is 15.4. The fraction of sp³-hybridized carbons (Fsp3) is 0.421. The summed E-state index contributed by atoms with van der Waals surface area (Å²) in [5.74, 6) is 0.408. The van der Waals surface area contributed by atoms with Crippen molar-refractivity contribution in [3.05, 3.63) is 51.4 Å². The summed E-state index contributed by atoms with van der Waals surface area (Å²) < 4.78 is 3.24. The number of nitriles is 1. The van der Waals surface area contributed by atoms with Gasteiger partial charge in [-0.2, -0.15) is 20.4 Å². The molecule has 10 heteroatoms. The van der Waals surface area contributed by atoms with Crippen LogP contribution in [-0.4, -0.2) is 24.3 Å². The van der Waals surface area contributed by atoms with Gasteiger partial charge >= 0.3 is 0 Å². The van der Waals surface area contributed by atoms with E-state index in [0.717, 1.165) is 25.7 Å². The van der Waals surface area contributed by atoms with E-state index in [1.807, 2.05) is 10.9 Å². The Hall–Kier alpha value is -3.61. The van der Waals surface area contributed by atoms with E-state index in [-0.39, 0.29) is 18.3 Å². The molecule has 3 aromatic rings. The first-order valence-electron chi connectivity index (χ1n) is 9.47. The van der Waals surface area contributed by atoms with Gasteiger partial charge in [-0.1, -0.05) is 18.0 Å². The molecule has 1 unspecified atom stereocenters. The van der Waals surface area contributed by atoms with Crippen molar-refractivity contribution in [2.24, 2.45) is 11.1 Å². The Bertz CT molecular complexity index is 1100. The third kappa shape index (κ3) is 3.47. The van der Waals surface area contributed by atoms with E-state index in [4.69, 9.17) is 0 Å². The molecule has 0 aromatic carbocycles.